The highest BCUT2D eigenvalue weighted by Crippen LogP contribution is 2.18. The molecule has 12 heavy (non-hydrogen) atoms. The van der Waals surface area contributed by atoms with Crippen molar-refractivity contribution in [2.45, 2.75) is 0 Å². The van der Waals surface area contributed by atoms with Crippen LogP contribution >= 0.6 is 0 Å². The van der Waals surface area contributed by atoms with Crippen LogP contribution in [0.4, 0.5) is 0 Å². The van der Waals surface area contributed by atoms with Crippen molar-refractivity contribution in [1.82, 2.24) is 4.98 Å². The number of rotatable bonds is 1. The molecule has 2 heteroatoms. The highest BCUT2D eigenvalue weighted by atomic mass is 16.5. The van der Waals surface area contributed by atoms with E-state index >= 15 is 0 Å². The molecule has 0 aliphatic heterocycles. The zero-order chi connectivity index (χ0) is 8.39. The predicted molar refractivity (Wildman–Crippen MR) is 47.1 cm³/mol. The smallest absolute Gasteiger partial charge is 0.119 e. The number of aromatic nitrogens is 1. The van der Waals surface area contributed by atoms with Crippen LogP contribution in [0.25, 0.3) is 10.8 Å². The molecule has 1 aromatic heterocycles. The summed E-state index contributed by atoms with van der Waals surface area (Å²) in [4.78, 5) is 3.91. The molecule has 1 aromatic carbocycles. The molecule has 0 N–H and O–H groups in total. The van der Waals surface area contributed by atoms with Crippen molar-refractivity contribution in [3.8, 4) is 5.75 Å². The summed E-state index contributed by atoms with van der Waals surface area (Å²) in [7, 11) is 1.65. The van der Waals surface area contributed by atoms with Crippen molar-refractivity contribution in [2.24, 2.45) is 0 Å². The van der Waals surface area contributed by atoms with Gasteiger partial charge in [0.1, 0.15) is 5.75 Å². The molecule has 0 unspecified atom stereocenters. The molecule has 0 aliphatic carbocycles. The predicted octanol–water partition coefficient (Wildman–Crippen LogP) is 2.04. The molecule has 2 aromatic rings. The number of fused-ring (bicyclic) bond motifs is 1. The zero-order valence-corrected chi connectivity index (χ0v) is 6.74. The molecule has 0 fully saturated rings. The summed E-state index contributed by atoms with van der Waals surface area (Å²) in [5, 5.41) is 2.11. The standard InChI is InChI=1S/C10H8NO/c1-12-10-3-2-8-4-5-11-7-9(8)6-10/h2-6H,1H3. The van der Waals surface area contributed by atoms with Crippen LogP contribution in [0.5, 0.6) is 5.75 Å². The van der Waals surface area contributed by atoms with Gasteiger partial charge in [0.2, 0.25) is 0 Å². The Labute approximate surface area is 70.8 Å². The van der Waals surface area contributed by atoms with E-state index < -0.39 is 0 Å². The molecular formula is C10H8NO. The van der Waals surface area contributed by atoms with E-state index in [0.29, 0.717) is 0 Å². The maximum absolute atomic E-state index is 5.07. The zero-order valence-electron chi connectivity index (χ0n) is 6.74. The average Bonchev–Trinajstić information content (AvgIpc) is 2.17. The number of hydrogen-bond donors (Lipinski definition) is 0. The van der Waals surface area contributed by atoms with Crippen LogP contribution in [0, 0.1) is 6.20 Å². The summed E-state index contributed by atoms with van der Waals surface area (Å²) >= 11 is 0. The second kappa shape index (κ2) is 2.81. The van der Waals surface area contributed by atoms with Gasteiger partial charge in [0.25, 0.3) is 0 Å². The molecule has 0 saturated carbocycles. The van der Waals surface area contributed by atoms with E-state index in [-0.39, 0.29) is 0 Å². The fourth-order valence-corrected chi connectivity index (χ4v) is 1.13. The number of hydrogen-bond acceptors (Lipinski definition) is 2. The minimum atomic E-state index is 0.840. The van der Waals surface area contributed by atoms with Crippen LogP contribution in [0.1, 0.15) is 0 Å². The summed E-state index contributed by atoms with van der Waals surface area (Å²) in [6, 6.07) is 7.79. The second-order valence-corrected chi connectivity index (χ2v) is 2.51. The summed E-state index contributed by atoms with van der Waals surface area (Å²) in [5.74, 6) is 0.840. The molecule has 1 radical (unpaired) electrons. The molecule has 0 aliphatic rings. The molecule has 59 valence electrons. The van der Waals surface area contributed by atoms with Crippen molar-refractivity contribution in [3.63, 3.8) is 0 Å². The molecule has 1 heterocycles. The summed E-state index contributed by atoms with van der Waals surface area (Å²) in [5.41, 5.74) is 0. The van der Waals surface area contributed by atoms with Crippen LogP contribution < -0.4 is 4.74 Å². The van der Waals surface area contributed by atoms with Crippen LogP contribution in [-0.2, 0) is 0 Å². The summed E-state index contributed by atoms with van der Waals surface area (Å²) in [6.07, 6.45) is 4.63. The molecule has 0 amide bonds. The quantitative estimate of drug-likeness (QED) is 0.633. The van der Waals surface area contributed by atoms with Gasteiger partial charge in [-0.15, -0.1) is 0 Å². The normalized spacial score (nSPS) is 10.1. The lowest BCUT2D eigenvalue weighted by atomic mass is 10.2. The molecule has 2 nitrogen and oxygen atoms in total. The van der Waals surface area contributed by atoms with Crippen molar-refractivity contribution < 1.29 is 4.74 Å². The van der Waals surface area contributed by atoms with E-state index in [2.05, 4.69) is 11.2 Å². The lowest BCUT2D eigenvalue weighted by Gasteiger charge is -2.00. The molecular weight excluding hydrogens is 150 g/mol. The van der Waals surface area contributed by atoms with Gasteiger partial charge in [-0.3, -0.25) is 4.98 Å². The van der Waals surface area contributed by atoms with Gasteiger partial charge in [-0.1, -0.05) is 6.07 Å². The largest absolute Gasteiger partial charge is 0.497 e. The monoisotopic (exact) mass is 158 g/mol. The number of ether oxygens (including phenoxy) is 1. The maximum atomic E-state index is 5.07. The highest BCUT2D eigenvalue weighted by Gasteiger charge is 1.94. The number of pyridine rings is 1. The minimum absolute atomic E-state index is 0.840. The maximum Gasteiger partial charge on any atom is 0.119 e. The van der Waals surface area contributed by atoms with Gasteiger partial charge in [0.05, 0.1) is 13.3 Å². The lowest BCUT2D eigenvalue weighted by Crippen LogP contribution is -1.82. The fraction of sp³-hybridized carbons (Fsp3) is 0.100. The number of nitrogens with zero attached hydrogens (tertiary/aromatic N) is 1. The van der Waals surface area contributed by atoms with Crippen molar-refractivity contribution in [1.29, 1.82) is 0 Å². The first-order chi connectivity index (χ1) is 5.90. The first kappa shape index (κ1) is 7.10. The van der Waals surface area contributed by atoms with Crippen LogP contribution in [-0.4, -0.2) is 12.1 Å². The second-order valence-electron chi connectivity index (χ2n) is 2.51. The first-order valence-corrected chi connectivity index (χ1v) is 3.70. The highest BCUT2D eigenvalue weighted by molar-refractivity contribution is 5.82. The third-order valence-electron chi connectivity index (χ3n) is 1.77. The fourth-order valence-electron chi connectivity index (χ4n) is 1.13. The lowest BCUT2D eigenvalue weighted by molar-refractivity contribution is 0.415. The third-order valence-corrected chi connectivity index (χ3v) is 1.77. The van der Waals surface area contributed by atoms with Crippen molar-refractivity contribution >= 4 is 10.8 Å². The van der Waals surface area contributed by atoms with Crippen LogP contribution in [0.2, 0.25) is 0 Å². The third kappa shape index (κ3) is 1.11. The summed E-state index contributed by atoms with van der Waals surface area (Å²) in [6.45, 7) is 0. The van der Waals surface area contributed by atoms with Gasteiger partial charge >= 0.3 is 0 Å². The molecule has 0 bridgehead atoms. The topological polar surface area (TPSA) is 22.1 Å². The van der Waals surface area contributed by atoms with Crippen molar-refractivity contribution in [3.05, 3.63) is 36.7 Å². The number of benzene rings is 1. The summed E-state index contributed by atoms with van der Waals surface area (Å²) < 4.78 is 5.07. The van der Waals surface area contributed by atoms with Gasteiger partial charge in [0.15, 0.2) is 0 Å². The molecule has 0 spiro atoms. The first-order valence-electron chi connectivity index (χ1n) is 3.70. The molecule has 0 saturated heterocycles. The van der Waals surface area contributed by atoms with Gasteiger partial charge in [-0.2, -0.15) is 0 Å². The van der Waals surface area contributed by atoms with Gasteiger partial charge in [-0.05, 0) is 23.6 Å². The Kier molecular flexibility index (Phi) is 1.67. The van der Waals surface area contributed by atoms with E-state index in [9.17, 15) is 0 Å². The van der Waals surface area contributed by atoms with Gasteiger partial charge in [0, 0.05) is 11.6 Å². The van der Waals surface area contributed by atoms with Crippen molar-refractivity contribution in [2.75, 3.05) is 7.11 Å². The van der Waals surface area contributed by atoms with Gasteiger partial charge in [-0.25, -0.2) is 0 Å². The van der Waals surface area contributed by atoms with Gasteiger partial charge < -0.3 is 4.74 Å². The SMILES string of the molecule is COc1ccc2ccn[c]c2c1. The number of methoxy groups -OCH3 is 1. The van der Waals surface area contributed by atoms with E-state index in [4.69, 9.17) is 4.74 Å². The van der Waals surface area contributed by atoms with E-state index in [1.165, 1.54) is 0 Å². The average molecular weight is 158 g/mol. The minimum Gasteiger partial charge on any atom is -0.497 e. The van der Waals surface area contributed by atoms with Crippen LogP contribution in [0.3, 0.4) is 0 Å². The Morgan fingerprint density at radius 1 is 1.33 bits per heavy atom. The Bertz CT molecular complexity index is 398. The Morgan fingerprint density at radius 2 is 2.25 bits per heavy atom. The Morgan fingerprint density at radius 3 is 3.08 bits per heavy atom. The van der Waals surface area contributed by atoms with E-state index in [1.807, 2.05) is 24.3 Å². The molecule has 2 rings (SSSR count). The Balaban J connectivity index is 2.67. The Hall–Kier alpha value is -1.57. The van der Waals surface area contributed by atoms with E-state index in [0.717, 1.165) is 16.5 Å². The molecule has 0 atom stereocenters. The van der Waals surface area contributed by atoms with Crippen LogP contribution in [0.15, 0.2) is 30.5 Å². The van der Waals surface area contributed by atoms with E-state index in [1.54, 1.807) is 13.3 Å².